The van der Waals surface area contributed by atoms with Crippen LogP contribution in [-0.4, -0.2) is 110 Å². The third kappa shape index (κ3) is 34.0. The number of esters is 2. The molecule has 1 saturated carbocycles. The average Bonchev–Trinajstić information content (AvgIpc) is 3.31. The Morgan fingerprint density at radius 3 is 1.36 bits per heavy atom. The second kappa shape index (κ2) is 41.9. The summed E-state index contributed by atoms with van der Waals surface area (Å²) in [6.45, 7) is 1.23. The summed E-state index contributed by atoms with van der Waals surface area (Å²) < 4.78 is 33.5. The second-order valence-corrected chi connectivity index (χ2v) is 18.4. The van der Waals surface area contributed by atoms with E-state index in [0.29, 0.717) is 19.3 Å². The fourth-order valence-corrected chi connectivity index (χ4v) is 7.94. The van der Waals surface area contributed by atoms with Crippen molar-refractivity contribution >= 4 is 19.8 Å². The van der Waals surface area contributed by atoms with Gasteiger partial charge in [-0.05, 0) is 96.3 Å². The first kappa shape index (κ1) is 62.0. The summed E-state index contributed by atoms with van der Waals surface area (Å²) in [5.41, 5.74) is 0. The molecule has 7 N–H and O–H groups in total. The molecule has 0 saturated heterocycles. The Kier molecular flexibility index (Phi) is 38.8. The Morgan fingerprint density at radius 1 is 0.493 bits per heavy atom. The largest absolute Gasteiger partial charge is 0.472 e. The Bertz CT molecular complexity index is 1490. The molecular formula is C52H87O14P. The monoisotopic (exact) mass is 967 g/mol. The zero-order chi connectivity index (χ0) is 49.2. The molecule has 1 rings (SSSR count). The smallest absolute Gasteiger partial charge is 0.462 e. The van der Waals surface area contributed by atoms with Gasteiger partial charge in [0.25, 0.3) is 0 Å². The van der Waals surface area contributed by atoms with Gasteiger partial charge in [-0.2, -0.15) is 0 Å². The molecule has 0 radical (unpaired) electrons. The van der Waals surface area contributed by atoms with Gasteiger partial charge in [0.1, 0.15) is 43.2 Å². The first-order valence-corrected chi connectivity index (χ1v) is 26.5. The number of ether oxygens (including phenoxy) is 2. The van der Waals surface area contributed by atoms with Crippen molar-refractivity contribution in [3.63, 3.8) is 0 Å². The molecule has 0 aliphatic heterocycles. The predicted molar refractivity (Wildman–Crippen MR) is 264 cm³/mol. The number of aliphatic hydroxyl groups is 6. The second-order valence-electron chi connectivity index (χ2n) is 17.0. The third-order valence-corrected chi connectivity index (χ3v) is 12.0. The van der Waals surface area contributed by atoms with Crippen molar-refractivity contribution < 1.29 is 68.2 Å². The topological polar surface area (TPSA) is 230 Å². The number of hydrogen-bond acceptors (Lipinski definition) is 13. The van der Waals surface area contributed by atoms with Crippen LogP contribution in [-0.2, 0) is 32.7 Å². The number of aliphatic hydroxyl groups excluding tert-OH is 6. The summed E-state index contributed by atoms with van der Waals surface area (Å²) in [5, 5.41) is 59.0. The van der Waals surface area contributed by atoms with Crippen molar-refractivity contribution in [2.24, 2.45) is 0 Å². The van der Waals surface area contributed by atoms with Crippen molar-refractivity contribution in [1.82, 2.24) is 0 Å². The van der Waals surface area contributed by atoms with E-state index in [-0.39, 0.29) is 19.4 Å². The van der Waals surface area contributed by atoms with Crippen molar-refractivity contribution in [2.75, 3.05) is 19.8 Å². The van der Waals surface area contributed by atoms with E-state index < -0.39 is 75.7 Å². The summed E-state index contributed by atoms with van der Waals surface area (Å²) >= 11 is 0. The average molecular weight is 967 g/mol. The quantitative estimate of drug-likeness (QED) is 0.0131. The van der Waals surface area contributed by atoms with Crippen LogP contribution in [0.3, 0.4) is 0 Å². The van der Waals surface area contributed by atoms with Crippen molar-refractivity contribution in [3.8, 4) is 0 Å². The minimum atomic E-state index is -5.15. The lowest BCUT2D eigenvalue weighted by Gasteiger charge is -2.41. The van der Waals surface area contributed by atoms with Gasteiger partial charge in [0, 0.05) is 19.4 Å². The van der Waals surface area contributed by atoms with Gasteiger partial charge >= 0.3 is 19.8 Å². The molecule has 0 amide bonds. The fraction of sp³-hybridized carbons (Fsp3) is 0.692. The van der Waals surface area contributed by atoms with Crippen LogP contribution >= 0.6 is 7.82 Å². The maximum Gasteiger partial charge on any atom is 0.472 e. The minimum Gasteiger partial charge on any atom is -0.462 e. The molecule has 0 aromatic rings. The normalized spacial score (nSPS) is 21.9. The van der Waals surface area contributed by atoms with E-state index in [0.717, 1.165) is 96.3 Å². The maximum atomic E-state index is 12.8. The molecule has 1 aliphatic carbocycles. The number of allylic oxidation sites excluding steroid dienone is 14. The molecular weight excluding hydrogens is 880 g/mol. The zero-order valence-corrected chi connectivity index (χ0v) is 41.3. The van der Waals surface area contributed by atoms with Crippen LogP contribution in [0.4, 0.5) is 0 Å². The van der Waals surface area contributed by atoms with Gasteiger partial charge in [-0.3, -0.25) is 18.6 Å². The van der Waals surface area contributed by atoms with Gasteiger partial charge in [-0.1, -0.05) is 143 Å². The first-order chi connectivity index (χ1) is 32.4. The molecule has 0 heterocycles. The highest BCUT2D eigenvalue weighted by Gasteiger charge is 2.51. The third-order valence-electron chi connectivity index (χ3n) is 11.0. The van der Waals surface area contributed by atoms with Crippen LogP contribution in [0.1, 0.15) is 167 Å². The molecule has 0 bridgehead atoms. The van der Waals surface area contributed by atoms with Gasteiger partial charge in [0.05, 0.1) is 6.61 Å². The number of carbonyl (C=O) groups excluding carboxylic acids is 2. The summed E-state index contributed by atoms with van der Waals surface area (Å²) in [6, 6.07) is 0. The van der Waals surface area contributed by atoms with E-state index >= 15 is 0 Å². The van der Waals surface area contributed by atoms with E-state index in [1.807, 2.05) is 12.2 Å². The van der Waals surface area contributed by atoms with E-state index in [2.05, 4.69) is 79.8 Å². The molecule has 3 unspecified atom stereocenters. The Hall–Kier alpha value is -3.01. The number of unbranched alkanes of at least 4 members (excludes halogenated alkanes) is 14. The number of hydrogen-bond donors (Lipinski definition) is 7. The van der Waals surface area contributed by atoms with Crippen LogP contribution in [0, 0.1) is 0 Å². The predicted octanol–water partition coefficient (Wildman–Crippen LogP) is 9.42. The number of phosphoric acid groups is 1. The highest BCUT2D eigenvalue weighted by Crippen LogP contribution is 2.47. The molecule has 15 heteroatoms. The lowest BCUT2D eigenvalue weighted by Crippen LogP contribution is -2.64. The highest BCUT2D eigenvalue weighted by molar-refractivity contribution is 7.47. The van der Waals surface area contributed by atoms with E-state index in [1.54, 1.807) is 0 Å². The standard InChI is InChI=1S/C52H87O14P/c1-2-3-4-5-6-7-8-9-10-11-12-13-15-18-21-24-27-30-33-36-39-45(54)63-42-44(43-64-67(61,62)66-52-50(59)48(57)47(56)49(58)51(52)60)65-46(55)40-37-34-31-28-25-22-19-16-14-17-20-23-26-29-32-35-38-41-53/h7-8,10-11,13-15,17,19,22-23,26,28,31,44,47-53,56-60H,2-6,9,12,16,18,20-21,24-25,27,29-30,32-43H2,1H3,(H,61,62)/b8-7-,11-10-,15-13-,17-14-,22-19-,26-23-,31-28-/t44-,47?,48-,49+,50-,51-,52?/m1/s1. The van der Waals surface area contributed by atoms with Gasteiger partial charge in [0.15, 0.2) is 6.10 Å². The number of rotatable bonds is 41. The Balaban J connectivity index is 2.47. The maximum absolute atomic E-state index is 12.8. The fourth-order valence-electron chi connectivity index (χ4n) is 6.97. The van der Waals surface area contributed by atoms with Crippen LogP contribution in [0.25, 0.3) is 0 Å². The van der Waals surface area contributed by atoms with Gasteiger partial charge in [-0.15, -0.1) is 0 Å². The number of phosphoric ester groups is 1. The van der Waals surface area contributed by atoms with Crippen LogP contribution in [0.5, 0.6) is 0 Å². The molecule has 67 heavy (non-hydrogen) atoms. The van der Waals surface area contributed by atoms with Crippen LogP contribution < -0.4 is 0 Å². The van der Waals surface area contributed by atoms with Crippen molar-refractivity contribution in [1.29, 1.82) is 0 Å². The van der Waals surface area contributed by atoms with E-state index in [9.17, 15) is 44.6 Å². The number of carbonyl (C=O) groups is 2. The molecule has 0 spiro atoms. The van der Waals surface area contributed by atoms with Crippen molar-refractivity contribution in [3.05, 3.63) is 85.1 Å². The summed E-state index contributed by atoms with van der Waals surface area (Å²) in [4.78, 5) is 35.8. The van der Waals surface area contributed by atoms with E-state index in [1.165, 1.54) is 32.1 Å². The summed E-state index contributed by atoms with van der Waals surface area (Å²) in [7, 11) is -5.15. The summed E-state index contributed by atoms with van der Waals surface area (Å²) in [6.07, 6.45) is 39.3. The summed E-state index contributed by atoms with van der Waals surface area (Å²) in [5.74, 6) is -1.20. The van der Waals surface area contributed by atoms with Gasteiger partial charge in [0.2, 0.25) is 0 Å². The van der Waals surface area contributed by atoms with Crippen LogP contribution in [0.2, 0.25) is 0 Å². The van der Waals surface area contributed by atoms with Crippen LogP contribution in [0.15, 0.2) is 85.1 Å². The molecule has 0 aromatic heterocycles. The first-order valence-electron chi connectivity index (χ1n) is 25.0. The Morgan fingerprint density at radius 2 is 0.881 bits per heavy atom. The van der Waals surface area contributed by atoms with Crippen molar-refractivity contribution in [2.45, 2.75) is 210 Å². The molecule has 1 fully saturated rings. The SMILES string of the molecule is CCCCCC/C=C\C/C=C\C/C=C\CCCCCCCCC(=O)OC[C@H](COP(=O)(O)OC1[C@H](O)[C@H](O)C(O)[C@H](O)[C@H]1O)OC(=O)CCC/C=C\C/C=C\C/C=C\C/C=C\CCCCCO. The lowest BCUT2D eigenvalue weighted by atomic mass is 9.85. The zero-order valence-electron chi connectivity index (χ0n) is 40.4. The Labute approximate surface area is 401 Å². The lowest BCUT2D eigenvalue weighted by molar-refractivity contribution is -0.220. The molecule has 8 atom stereocenters. The minimum absolute atomic E-state index is 0.00339. The molecule has 0 aromatic carbocycles. The van der Waals surface area contributed by atoms with Gasteiger partial charge in [-0.25, -0.2) is 4.57 Å². The van der Waals surface area contributed by atoms with E-state index in [4.69, 9.17) is 23.6 Å². The molecule has 384 valence electrons. The molecule has 1 aliphatic rings. The molecule has 14 nitrogen and oxygen atoms in total. The van der Waals surface area contributed by atoms with Gasteiger partial charge < -0.3 is 45.0 Å². The highest BCUT2D eigenvalue weighted by atomic mass is 31.2.